The molecule has 0 aliphatic heterocycles. The van der Waals surface area contributed by atoms with Gasteiger partial charge in [-0.3, -0.25) is 0 Å². The van der Waals surface area contributed by atoms with Crippen LogP contribution < -0.4 is 9.47 Å². The minimum Gasteiger partial charge on any atom is -0.487 e. The topological polar surface area (TPSA) is 44.2 Å². The number of hydrogen-bond donors (Lipinski definition) is 0. The van der Waals surface area contributed by atoms with E-state index in [9.17, 15) is 0 Å². The van der Waals surface area contributed by atoms with Gasteiger partial charge in [0.15, 0.2) is 0 Å². The molecule has 30 heavy (non-hydrogen) atoms. The van der Waals surface area contributed by atoms with E-state index >= 15 is 0 Å². The van der Waals surface area contributed by atoms with Crippen molar-refractivity contribution in [1.82, 2.24) is 9.97 Å². The molecule has 4 nitrogen and oxygen atoms in total. The second-order valence-corrected chi connectivity index (χ2v) is 7.02. The molecule has 3 aromatic carbocycles. The fourth-order valence-corrected chi connectivity index (χ4v) is 3.36. The molecule has 5 aromatic rings. The highest BCUT2D eigenvalue weighted by Crippen LogP contribution is 2.24. The number of benzene rings is 3. The van der Waals surface area contributed by atoms with Gasteiger partial charge in [-0.1, -0.05) is 60.7 Å². The first-order valence-corrected chi connectivity index (χ1v) is 9.89. The Balaban J connectivity index is 1.44. The third-order valence-corrected chi connectivity index (χ3v) is 4.89. The van der Waals surface area contributed by atoms with Crippen LogP contribution in [0, 0.1) is 0 Å². The first kappa shape index (κ1) is 18.1. The van der Waals surface area contributed by atoms with Gasteiger partial charge < -0.3 is 9.47 Å². The van der Waals surface area contributed by atoms with Crippen LogP contribution in [0.4, 0.5) is 0 Å². The normalized spacial score (nSPS) is 10.9. The van der Waals surface area contributed by atoms with Crippen molar-refractivity contribution in [3.63, 3.8) is 0 Å². The summed E-state index contributed by atoms with van der Waals surface area (Å²) >= 11 is 0. The molecule has 0 aliphatic carbocycles. The molecule has 146 valence electrons. The Labute approximate surface area is 174 Å². The third kappa shape index (κ3) is 3.94. The zero-order chi connectivity index (χ0) is 20.2. The molecule has 0 amide bonds. The summed E-state index contributed by atoms with van der Waals surface area (Å²) in [4.78, 5) is 9.70. The average Bonchev–Trinajstić information content (AvgIpc) is 2.82. The number of aromatic nitrogens is 2. The van der Waals surface area contributed by atoms with Crippen molar-refractivity contribution < 1.29 is 9.47 Å². The van der Waals surface area contributed by atoms with Crippen LogP contribution in [0.5, 0.6) is 11.5 Å². The maximum atomic E-state index is 5.86. The number of nitrogens with zero attached hydrogens (tertiary/aromatic N) is 2. The van der Waals surface area contributed by atoms with E-state index in [0.717, 1.165) is 44.7 Å². The van der Waals surface area contributed by atoms with Crippen molar-refractivity contribution in [2.75, 3.05) is 0 Å². The molecule has 0 aliphatic rings. The maximum absolute atomic E-state index is 5.86. The average molecular weight is 392 g/mol. The molecule has 2 aromatic heterocycles. The Kier molecular flexibility index (Phi) is 4.96. The molecule has 0 radical (unpaired) electrons. The van der Waals surface area contributed by atoms with Crippen molar-refractivity contribution >= 4 is 21.8 Å². The van der Waals surface area contributed by atoms with E-state index in [-0.39, 0.29) is 0 Å². The minimum atomic E-state index is 0.410. The summed E-state index contributed by atoms with van der Waals surface area (Å²) in [7, 11) is 0. The number of rotatable bonds is 6. The van der Waals surface area contributed by atoms with Crippen LogP contribution in [-0.4, -0.2) is 9.97 Å². The SMILES string of the molecule is c1ccc(OCc2ccc3ccc4ccc(COc5ccccc5)nc4c3n2)cc1. The molecule has 4 heteroatoms. The lowest BCUT2D eigenvalue weighted by molar-refractivity contribution is 0.301. The van der Waals surface area contributed by atoms with Gasteiger partial charge in [0, 0.05) is 10.8 Å². The Morgan fingerprint density at radius 3 is 1.30 bits per heavy atom. The lowest BCUT2D eigenvalue weighted by atomic mass is 10.1. The lowest BCUT2D eigenvalue weighted by Gasteiger charge is -2.09. The van der Waals surface area contributed by atoms with E-state index in [1.165, 1.54) is 0 Å². The van der Waals surface area contributed by atoms with E-state index in [2.05, 4.69) is 24.3 Å². The fourth-order valence-electron chi connectivity index (χ4n) is 3.36. The molecule has 0 unspecified atom stereocenters. The zero-order valence-corrected chi connectivity index (χ0v) is 16.4. The zero-order valence-electron chi connectivity index (χ0n) is 16.4. The summed E-state index contributed by atoms with van der Waals surface area (Å²) in [6.45, 7) is 0.820. The lowest BCUT2D eigenvalue weighted by Crippen LogP contribution is -2.01. The van der Waals surface area contributed by atoms with E-state index in [1.807, 2.05) is 72.8 Å². The molecule has 0 spiro atoms. The second-order valence-electron chi connectivity index (χ2n) is 7.02. The summed E-state index contributed by atoms with van der Waals surface area (Å²) in [6, 6.07) is 31.8. The number of hydrogen-bond acceptors (Lipinski definition) is 4. The maximum Gasteiger partial charge on any atom is 0.130 e. The second kappa shape index (κ2) is 8.21. The third-order valence-electron chi connectivity index (χ3n) is 4.89. The van der Waals surface area contributed by atoms with Gasteiger partial charge in [-0.15, -0.1) is 0 Å². The monoisotopic (exact) mass is 392 g/mol. The largest absolute Gasteiger partial charge is 0.487 e. The summed E-state index contributed by atoms with van der Waals surface area (Å²) in [5.41, 5.74) is 3.49. The molecule has 0 fully saturated rings. The highest BCUT2D eigenvalue weighted by molar-refractivity contribution is 6.02. The van der Waals surface area contributed by atoms with Crippen molar-refractivity contribution in [3.05, 3.63) is 108 Å². The Morgan fingerprint density at radius 1 is 0.467 bits per heavy atom. The number of fused-ring (bicyclic) bond motifs is 3. The van der Waals surface area contributed by atoms with Crippen molar-refractivity contribution in [2.45, 2.75) is 13.2 Å². The highest BCUT2D eigenvalue weighted by Gasteiger charge is 2.08. The van der Waals surface area contributed by atoms with Gasteiger partial charge in [-0.25, -0.2) is 9.97 Å². The smallest absolute Gasteiger partial charge is 0.130 e. The van der Waals surface area contributed by atoms with Crippen molar-refractivity contribution in [2.24, 2.45) is 0 Å². The molecule has 0 bridgehead atoms. The minimum absolute atomic E-state index is 0.410. The Morgan fingerprint density at radius 2 is 0.867 bits per heavy atom. The van der Waals surface area contributed by atoms with E-state index in [1.54, 1.807) is 0 Å². The quantitative estimate of drug-likeness (QED) is 0.335. The predicted octanol–water partition coefficient (Wildman–Crippen LogP) is 5.94. The molecule has 2 heterocycles. The van der Waals surface area contributed by atoms with Gasteiger partial charge in [0.2, 0.25) is 0 Å². The van der Waals surface area contributed by atoms with E-state index < -0.39 is 0 Å². The summed E-state index contributed by atoms with van der Waals surface area (Å²) in [6.07, 6.45) is 0. The number of ether oxygens (including phenoxy) is 2. The Hall–Kier alpha value is -3.92. The van der Waals surface area contributed by atoms with Gasteiger partial charge >= 0.3 is 0 Å². The summed E-state index contributed by atoms with van der Waals surface area (Å²) in [5.74, 6) is 1.66. The van der Waals surface area contributed by atoms with Gasteiger partial charge in [0.1, 0.15) is 24.7 Å². The van der Waals surface area contributed by atoms with Crippen LogP contribution in [0.3, 0.4) is 0 Å². The van der Waals surface area contributed by atoms with Crippen molar-refractivity contribution in [3.8, 4) is 11.5 Å². The van der Waals surface area contributed by atoms with Gasteiger partial charge in [0.25, 0.3) is 0 Å². The molecular weight excluding hydrogens is 372 g/mol. The molecule has 0 saturated carbocycles. The molecule has 0 saturated heterocycles. The summed E-state index contributed by atoms with van der Waals surface area (Å²) in [5, 5.41) is 2.11. The summed E-state index contributed by atoms with van der Waals surface area (Å²) < 4.78 is 11.7. The standard InChI is InChI=1S/C26H20N2O2/c1-3-7-23(8-4-1)29-17-21-15-13-19-11-12-20-14-16-22(28-26(20)25(19)27-21)18-30-24-9-5-2-6-10-24/h1-16H,17-18H2. The first-order chi connectivity index (χ1) is 14.8. The van der Waals surface area contributed by atoms with Crippen LogP contribution in [0.1, 0.15) is 11.4 Å². The van der Waals surface area contributed by atoms with Crippen molar-refractivity contribution in [1.29, 1.82) is 0 Å². The van der Waals surface area contributed by atoms with Gasteiger partial charge in [0.05, 0.1) is 22.4 Å². The molecule has 0 atom stereocenters. The molecule has 0 N–H and O–H groups in total. The highest BCUT2D eigenvalue weighted by atomic mass is 16.5. The first-order valence-electron chi connectivity index (χ1n) is 9.89. The molecule has 5 rings (SSSR count). The fraction of sp³-hybridized carbons (Fsp3) is 0.0769. The van der Waals surface area contributed by atoms with E-state index in [0.29, 0.717) is 13.2 Å². The molecular formula is C26H20N2O2. The van der Waals surface area contributed by atoms with Crippen LogP contribution >= 0.6 is 0 Å². The van der Waals surface area contributed by atoms with Crippen LogP contribution in [0.25, 0.3) is 21.8 Å². The van der Waals surface area contributed by atoms with Gasteiger partial charge in [-0.2, -0.15) is 0 Å². The number of para-hydroxylation sites is 2. The van der Waals surface area contributed by atoms with Gasteiger partial charge in [-0.05, 0) is 36.4 Å². The number of pyridine rings is 2. The predicted molar refractivity (Wildman–Crippen MR) is 119 cm³/mol. The van der Waals surface area contributed by atoms with Crippen LogP contribution in [0.15, 0.2) is 97.1 Å². The van der Waals surface area contributed by atoms with Crippen LogP contribution in [0.2, 0.25) is 0 Å². The Bertz CT molecular complexity index is 1190. The van der Waals surface area contributed by atoms with Crippen LogP contribution in [-0.2, 0) is 13.2 Å². The van der Waals surface area contributed by atoms with E-state index in [4.69, 9.17) is 19.4 Å².